The van der Waals surface area contributed by atoms with Crippen molar-refractivity contribution in [1.82, 2.24) is 16.0 Å². The molecule has 3 N–H and O–H groups in total. The maximum absolute atomic E-state index is 12.0. The summed E-state index contributed by atoms with van der Waals surface area (Å²) in [5, 5.41) is 9.67. The first-order chi connectivity index (χ1) is 14.6. The topological polar surface area (TPSA) is 91.1 Å². The molecule has 2 heterocycles. The van der Waals surface area contributed by atoms with Crippen molar-refractivity contribution in [3.8, 4) is 5.75 Å². The van der Waals surface area contributed by atoms with Crippen molar-refractivity contribution in [2.24, 2.45) is 4.99 Å². The molecule has 1 saturated heterocycles. The molecule has 1 aromatic carbocycles. The number of rotatable bonds is 8. The Morgan fingerprint density at radius 2 is 2.03 bits per heavy atom. The van der Waals surface area contributed by atoms with Crippen LogP contribution < -0.4 is 25.6 Å². The molecule has 9 heteroatoms. The van der Waals surface area contributed by atoms with Crippen molar-refractivity contribution < 1.29 is 13.9 Å². The minimum absolute atomic E-state index is 0. The lowest BCUT2D eigenvalue weighted by Crippen LogP contribution is -2.45. The first-order valence-corrected chi connectivity index (χ1v) is 10.3. The highest BCUT2D eigenvalue weighted by atomic mass is 127. The van der Waals surface area contributed by atoms with Gasteiger partial charge in [0.1, 0.15) is 5.75 Å². The highest BCUT2D eigenvalue weighted by Crippen LogP contribution is 2.30. The molecule has 1 amide bonds. The summed E-state index contributed by atoms with van der Waals surface area (Å²) in [5.41, 5.74) is 1.96. The van der Waals surface area contributed by atoms with Crippen LogP contribution in [0.3, 0.4) is 0 Å². The number of nitrogens with zero attached hydrogens (tertiary/aromatic N) is 2. The van der Waals surface area contributed by atoms with Crippen LogP contribution in [0.2, 0.25) is 0 Å². The fourth-order valence-corrected chi connectivity index (χ4v) is 3.56. The molecule has 3 rings (SSSR count). The number of anilines is 1. The van der Waals surface area contributed by atoms with Gasteiger partial charge in [-0.05, 0) is 38.0 Å². The molecule has 0 spiro atoms. The second kappa shape index (κ2) is 12.4. The van der Waals surface area contributed by atoms with E-state index in [1.54, 1.807) is 20.2 Å². The molecule has 1 fully saturated rings. The van der Waals surface area contributed by atoms with Crippen LogP contribution in [0.5, 0.6) is 5.75 Å². The fourth-order valence-electron chi connectivity index (χ4n) is 3.56. The summed E-state index contributed by atoms with van der Waals surface area (Å²) in [6.45, 7) is 4.98. The van der Waals surface area contributed by atoms with E-state index in [0.29, 0.717) is 24.9 Å². The van der Waals surface area contributed by atoms with Gasteiger partial charge in [0.2, 0.25) is 0 Å². The van der Waals surface area contributed by atoms with Crippen LogP contribution in [0.25, 0.3) is 0 Å². The standard InChI is InChI=1S/C22H31N5O3.HI/c1-16-10-14-30-20(16)21(28)24-11-6-12-25-22(23-2)26-17-9-13-27(15-17)18-7-4-5-8-19(18)29-3;/h4-5,7-8,10,14,17H,6,9,11-13,15H2,1-3H3,(H,24,28)(H2,23,25,26);1H. The number of carbonyl (C=O) groups excluding carboxylic acids is 1. The third kappa shape index (κ3) is 6.78. The van der Waals surface area contributed by atoms with Gasteiger partial charge >= 0.3 is 0 Å². The molecular formula is C22H32IN5O3. The summed E-state index contributed by atoms with van der Waals surface area (Å²) in [4.78, 5) is 18.7. The van der Waals surface area contributed by atoms with Crippen molar-refractivity contribution in [1.29, 1.82) is 0 Å². The zero-order valence-corrected chi connectivity index (χ0v) is 20.6. The number of furan rings is 1. The monoisotopic (exact) mass is 541 g/mol. The fraction of sp³-hybridized carbons (Fsp3) is 0.455. The molecule has 0 bridgehead atoms. The van der Waals surface area contributed by atoms with Crippen molar-refractivity contribution in [3.63, 3.8) is 0 Å². The molecule has 0 aliphatic carbocycles. The van der Waals surface area contributed by atoms with Crippen LogP contribution in [0.15, 0.2) is 46.0 Å². The minimum Gasteiger partial charge on any atom is -0.495 e. The molecular weight excluding hydrogens is 509 g/mol. The van der Waals surface area contributed by atoms with E-state index in [1.807, 2.05) is 25.1 Å². The third-order valence-electron chi connectivity index (χ3n) is 5.18. The van der Waals surface area contributed by atoms with Crippen LogP contribution in [0.1, 0.15) is 29.0 Å². The number of ether oxygens (including phenoxy) is 1. The van der Waals surface area contributed by atoms with E-state index in [9.17, 15) is 4.79 Å². The minimum atomic E-state index is -0.178. The predicted octanol–water partition coefficient (Wildman–Crippen LogP) is 2.78. The van der Waals surface area contributed by atoms with Gasteiger partial charge in [0.25, 0.3) is 5.91 Å². The van der Waals surface area contributed by atoms with E-state index in [1.165, 1.54) is 6.26 Å². The van der Waals surface area contributed by atoms with Crippen LogP contribution in [-0.2, 0) is 0 Å². The highest BCUT2D eigenvalue weighted by Gasteiger charge is 2.25. The number of para-hydroxylation sites is 2. The van der Waals surface area contributed by atoms with Gasteiger partial charge in [0.05, 0.1) is 19.1 Å². The van der Waals surface area contributed by atoms with Crippen molar-refractivity contribution in [2.45, 2.75) is 25.8 Å². The van der Waals surface area contributed by atoms with Gasteiger partial charge in [-0.25, -0.2) is 0 Å². The SMILES string of the molecule is CN=C(NCCCNC(=O)c1occc1C)NC1CCN(c2ccccc2OC)C1.I. The number of nitrogens with one attached hydrogen (secondary N) is 3. The van der Waals surface area contributed by atoms with Gasteiger partial charge in [-0.1, -0.05) is 12.1 Å². The lowest BCUT2D eigenvalue weighted by molar-refractivity contribution is 0.0925. The number of halogens is 1. The first-order valence-electron chi connectivity index (χ1n) is 10.3. The number of methoxy groups -OCH3 is 1. The van der Waals surface area contributed by atoms with Gasteiger partial charge in [-0.2, -0.15) is 0 Å². The third-order valence-corrected chi connectivity index (χ3v) is 5.18. The normalized spacial score (nSPS) is 15.9. The maximum atomic E-state index is 12.0. The first kappa shape index (κ1) is 24.8. The van der Waals surface area contributed by atoms with E-state index in [2.05, 4.69) is 31.9 Å². The van der Waals surface area contributed by atoms with Crippen molar-refractivity contribution in [3.05, 3.63) is 47.9 Å². The lowest BCUT2D eigenvalue weighted by Gasteiger charge is -2.22. The number of aryl methyl sites for hydroxylation is 1. The van der Waals surface area contributed by atoms with Crippen molar-refractivity contribution >= 4 is 41.5 Å². The molecule has 1 aliphatic heterocycles. The van der Waals surface area contributed by atoms with E-state index >= 15 is 0 Å². The predicted molar refractivity (Wildman–Crippen MR) is 134 cm³/mol. The molecule has 0 radical (unpaired) electrons. The van der Waals surface area contributed by atoms with Gasteiger partial charge in [0, 0.05) is 44.8 Å². The molecule has 1 unspecified atom stereocenters. The van der Waals surface area contributed by atoms with Gasteiger partial charge in [-0.15, -0.1) is 24.0 Å². The van der Waals surface area contributed by atoms with Crippen LogP contribution in [0, 0.1) is 6.92 Å². The molecule has 1 atom stereocenters. The number of aliphatic imine (C=N–C) groups is 1. The number of hydrogen-bond acceptors (Lipinski definition) is 5. The summed E-state index contributed by atoms with van der Waals surface area (Å²) < 4.78 is 10.7. The Morgan fingerprint density at radius 1 is 1.26 bits per heavy atom. The lowest BCUT2D eigenvalue weighted by atomic mass is 10.2. The second-order valence-electron chi connectivity index (χ2n) is 7.29. The van der Waals surface area contributed by atoms with Gasteiger partial charge < -0.3 is 30.0 Å². The Balaban J connectivity index is 0.00000341. The van der Waals surface area contributed by atoms with E-state index in [-0.39, 0.29) is 29.9 Å². The molecule has 8 nitrogen and oxygen atoms in total. The average molecular weight is 541 g/mol. The number of hydrogen-bond donors (Lipinski definition) is 3. The zero-order valence-electron chi connectivity index (χ0n) is 18.3. The summed E-state index contributed by atoms with van der Waals surface area (Å²) in [6.07, 6.45) is 3.33. The number of amides is 1. The molecule has 170 valence electrons. The van der Waals surface area contributed by atoms with Crippen LogP contribution in [0.4, 0.5) is 5.69 Å². The Kier molecular flexibility index (Phi) is 9.96. The Labute approximate surface area is 200 Å². The molecule has 1 aliphatic rings. The summed E-state index contributed by atoms with van der Waals surface area (Å²) in [7, 11) is 3.47. The Morgan fingerprint density at radius 3 is 2.74 bits per heavy atom. The largest absolute Gasteiger partial charge is 0.495 e. The Bertz CT molecular complexity index is 870. The summed E-state index contributed by atoms with van der Waals surface area (Å²) in [5.74, 6) is 1.87. The highest BCUT2D eigenvalue weighted by molar-refractivity contribution is 14.0. The van der Waals surface area contributed by atoms with E-state index in [0.717, 1.165) is 48.9 Å². The number of carbonyl (C=O) groups is 1. The van der Waals surface area contributed by atoms with Gasteiger partial charge in [-0.3, -0.25) is 9.79 Å². The molecule has 1 aromatic heterocycles. The summed E-state index contributed by atoms with van der Waals surface area (Å²) in [6, 6.07) is 10.2. The smallest absolute Gasteiger partial charge is 0.287 e. The number of benzene rings is 1. The average Bonchev–Trinajstić information content (AvgIpc) is 3.41. The molecule has 0 saturated carbocycles. The quantitative estimate of drug-likeness (QED) is 0.206. The number of guanidine groups is 1. The van der Waals surface area contributed by atoms with E-state index in [4.69, 9.17) is 9.15 Å². The van der Waals surface area contributed by atoms with Gasteiger partial charge in [0.15, 0.2) is 11.7 Å². The molecule has 31 heavy (non-hydrogen) atoms. The summed E-state index contributed by atoms with van der Waals surface area (Å²) >= 11 is 0. The molecule has 2 aromatic rings. The van der Waals surface area contributed by atoms with E-state index < -0.39 is 0 Å². The maximum Gasteiger partial charge on any atom is 0.287 e. The Hall–Kier alpha value is -2.43. The van der Waals surface area contributed by atoms with Crippen LogP contribution >= 0.6 is 24.0 Å². The van der Waals surface area contributed by atoms with Crippen LogP contribution in [-0.4, -0.2) is 58.2 Å². The van der Waals surface area contributed by atoms with Crippen molar-refractivity contribution in [2.75, 3.05) is 45.2 Å². The second-order valence-corrected chi connectivity index (χ2v) is 7.29. The zero-order chi connectivity index (χ0) is 21.3.